The van der Waals surface area contributed by atoms with Gasteiger partial charge in [-0.2, -0.15) is 0 Å². The van der Waals surface area contributed by atoms with Crippen LogP contribution >= 0.6 is 0 Å². The van der Waals surface area contributed by atoms with Gasteiger partial charge in [0.25, 0.3) is 5.78 Å². The van der Waals surface area contributed by atoms with Crippen molar-refractivity contribution in [2.24, 2.45) is 4.99 Å². The van der Waals surface area contributed by atoms with E-state index in [1.54, 1.807) is 6.92 Å². The number of hydrogen-bond acceptors (Lipinski definition) is 4. The molecule has 0 unspecified atom stereocenters. The number of aldehydes is 1. The number of rotatable bonds is 6. The first-order valence-electron chi connectivity index (χ1n) is 4.24. The van der Waals surface area contributed by atoms with Crippen LogP contribution in [0.4, 0.5) is 0 Å². The Bertz CT molecular complexity index is 243. The Morgan fingerprint density at radius 2 is 1.92 bits per heavy atom. The number of hydrogen-bond donors (Lipinski definition) is 0. The second-order valence-corrected chi connectivity index (χ2v) is 2.48. The second kappa shape index (κ2) is 6.22. The van der Waals surface area contributed by atoms with E-state index in [-0.39, 0.29) is 12.0 Å². The zero-order valence-electron chi connectivity index (χ0n) is 7.87. The molecule has 0 N–H and O–H groups in total. The molecule has 0 saturated carbocycles. The van der Waals surface area contributed by atoms with Crippen molar-refractivity contribution in [2.45, 2.75) is 26.7 Å². The highest BCUT2D eigenvalue weighted by Crippen LogP contribution is 1.95. The Hall–Kier alpha value is -1.32. The lowest BCUT2D eigenvalue weighted by Gasteiger charge is -1.99. The maximum Gasteiger partial charge on any atom is 0.267 e. The predicted molar refractivity (Wildman–Crippen MR) is 49.0 cm³/mol. The van der Waals surface area contributed by atoms with E-state index in [9.17, 15) is 14.4 Å². The molecule has 0 spiro atoms. The fourth-order valence-electron chi connectivity index (χ4n) is 0.888. The number of aliphatic imine (C=N–C) groups is 1. The smallest absolute Gasteiger partial charge is 0.267 e. The van der Waals surface area contributed by atoms with E-state index < -0.39 is 11.6 Å². The van der Waals surface area contributed by atoms with Gasteiger partial charge in [-0.25, -0.2) is 0 Å². The number of nitrogens with zero attached hydrogens (tertiary/aromatic N) is 1. The molecule has 72 valence electrons. The number of carbonyl (C=O) groups excluding carboxylic acids is 3. The minimum Gasteiger partial charge on any atom is -0.294 e. The van der Waals surface area contributed by atoms with Gasteiger partial charge in [-0.15, -0.1) is 0 Å². The molecule has 13 heavy (non-hydrogen) atoms. The third kappa shape index (κ3) is 3.73. The van der Waals surface area contributed by atoms with Gasteiger partial charge in [0.2, 0.25) is 5.78 Å². The van der Waals surface area contributed by atoms with Crippen LogP contribution in [0.2, 0.25) is 0 Å². The first-order chi connectivity index (χ1) is 6.17. The van der Waals surface area contributed by atoms with Crippen molar-refractivity contribution in [1.29, 1.82) is 0 Å². The van der Waals surface area contributed by atoms with E-state index in [1.165, 1.54) is 0 Å². The molecule has 0 heterocycles. The van der Waals surface area contributed by atoms with Crippen molar-refractivity contribution < 1.29 is 14.4 Å². The fourth-order valence-corrected chi connectivity index (χ4v) is 0.888. The highest BCUT2D eigenvalue weighted by molar-refractivity contribution is 6.75. The van der Waals surface area contributed by atoms with Crippen molar-refractivity contribution in [3.8, 4) is 0 Å². The summed E-state index contributed by atoms with van der Waals surface area (Å²) in [5.41, 5.74) is 0.210. The summed E-state index contributed by atoms with van der Waals surface area (Å²) in [7, 11) is 0. The molecule has 4 heteroatoms. The van der Waals surface area contributed by atoms with Crippen LogP contribution in [0, 0.1) is 0 Å². The molecule has 4 nitrogen and oxygen atoms in total. The predicted octanol–water partition coefficient (Wildman–Crippen LogP) is 0.585. The zero-order chi connectivity index (χ0) is 10.3. The van der Waals surface area contributed by atoms with Crippen LogP contribution in [0.3, 0.4) is 0 Å². The van der Waals surface area contributed by atoms with Crippen molar-refractivity contribution >= 4 is 23.6 Å². The molecule has 0 aromatic rings. The molecule has 0 aliphatic carbocycles. The summed E-state index contributed by atoms with van der Waals surface area (Å²) in [4.78, 5) is 35.8. The average Bonchev–Trinajstić information content (AvgIpc) is 2.15. The van der Waals surface area contributed by atoms with Gasteiger partial charge in [0.15, 0.2) is 6.29 Å². The number of ketones is 2. The number of carbonyl (C=O) groups is 3. The van der Waals surface area contributed by atoms with Gasteiger partial charge in [0, 0.05) is 6.54 Å². The molecule has 0 fully saturated rings. The van der Waals surface area contributed by atoms with E-state index >= 15 is 0 Å². The second-order valence-electron chi connectivity index (χ2n) is 2.48. The average molecular weight is 183 g/mol. The third-order valence-corrected chi connectivity index (χ3v) is 1.43. The molecular formula is C9H13NO3. The highest BCUT2D eigenvalue weighted by atomic mass is 16.2. The third-order valence-electron chi connectivity index (χ3n) is 1.43. The van der Waals surface area contributed by atoms with Crippen LogP contribution in [0.5, 0.6) is 0 Å². The minimum absolute atomic E-state index is 0.0309. The molecule has 0 saturated heterocycles. The summed E-state index contributed by atoms with van der Waals surface area (Å²) in [6.45, 7) is 4.10. The molecule has 0 radical (unpaired) electrons. The molecule has 0 atom stereocenters. The highest BCUT2D eigenvalue weighted by Gasteiger charge is 2.18. The summed E-state index contributed by atoms with van der Waals surface area (Å²) < 4.78 is 0. The van der Waals surface area contributed by atoms with Crippen molar-refractivity contribution in [1.82, 2.24) is 0 Å². The summed E-state index contributed by atoms with van der Waals surface area (Å²) in [5, 5.41) is 0. The van der Waals surface area contributed by atoms with Crippen LogP contribution in [0.15, 0.2) is 4.99 Å². The number of Topliss-reactive ketones (excluding diaryl/α,β-unsaturated/α-hetero) is 2. The first-order valence-corrected chi connectivity index (χ1v) is 4.24. The van der Waals surface area contributed by atoms with Crippen molar-refractivity contribution in [3.05, 3.63) is 0 Å². The summed E-state index contributed by atoms with van der Waals surface area (Å²) >= 11 is 0. The van der Waals surface area contributed by atoms with Gasteiger partial charge in [-0.05, 0) is 13.3 Å². The molecule has 0 aliphatic rings. The lowest BCUT2D eigenvalue weighted by atomic mass is 10.1. The quantitative estimate of drug-likeness (QED) is 0.262. The van der Waals surface area contributed by atoms with Crippen LogP contribution in [0.25, 0.3) is 0 Å². The van der Waals surface area contributed by atoms with Gasteiger partial charge < -0.3 is 0 Å². The lowest BCUT2D eigenvalue weighted by molar-refractivity contribution is -0.137. The standard InChI is InChI=1S/C9H13NO3/c1-3-5-7(10-4-2)9(13)8(12)6-11/h6H,3-5H2,1-2H3. The molecule has 0 aliphatic heterocycles. The topological polar surface area (TPSA) is 63.6 Å². The Balaban J connectivity index is 4.55. The Morgan fingerprint density at radius 1 is 1.31 bits per heavy atom. The molecule has 0 rings (SSSR count). The summed E-state index contributed by atoms with van der Waals surface area (Å²) in [6, 6.07) is 0. The molecule has 0 bridgehead atoms. The Kier molecular flexibility index (Phi) is 5.59. The van der Waals surface area contributed by atoms with E-state index in [1.807, 2.05) is 6.92 Å². The summed E-state index contributed by atoms with van der Waals surface area (Å²) in [5.74, 6) is -1.78. The van der Waals surface area contributed by atoms with E-state index in [0.29, 0.717) is 13.0 Å². The Morgan fingerprint density at radius 3 is 2.31 bits per heavy atom. The monoisotopic (exact) mass is 183 g/mol. The van der Waals surface area contributed by atoms with Gasteiger partial charge in [0.1, 0.15) is 0 Å². The first kappa shape index (κ1) is 11.7. The molecule has 0 aromatic heterocycles. The van der Waals surface area contributed by atoms with Gasteiger partial charge in [-0.1, -0.05) is 13.3 Å². The van der Waals surface area contributed by atoms with Crippen molar-refractivity contribution in [2.75, 3.05) is 6.54 Å². The maximum absolute atomic E-state index is 11.1. The van der Waals surface area contributed by atoms with Crippen LogP contribution < -0.4 is 0 Å². The zero-order valence-corrected chi connectivity index (χ0v) is 7.87. The van der Waals surface area contributed by atoms with E-state index in [4.69, 9.17) is 0 Å². The van der Waals surface area contributed by atoms with E-state index in [2.05, 4.69) is 4.99 Å². The van der Waals surface area contributed by atoms with Crippen molar-refractivity contribution in [3.63, 3.8) is 0 Å². The van der Waals surface area contributed by atoms with Crippen LogP contribution in [-0.4, -0.2) is 30.1 Å². The molecule has 0 aromatic carbocycles. The van der Waals surface area contributed by atoms with Crippen LogP contribution in [-0.2, 0) is 14.4 Å². The lowest BCUT2D eigenvalue weighted by Crippen LogP contribution is -2.25. The normalized spacial score (nSPS) is 11.1. The Labute approximate surface area is 77.0 Å². The van der Waals surface area contributed by atoms with Gasteiger partial charge in [0.05, 0.1) is 5.71 Å². The molecule has 0 amide bonds. The van der Waals surface area contributed by atoms with Gasteiger partial charge >= 0.3 is 0 Å². The van der Waals surface area contributed by atoms with E-state index in [0.717, 1.165) is 6.42 Å². The fraction of sp³-hybridized carbons (Fsp3) is 0.556. The largest absolute Gasteiger partial charge is 0.294 e. The maximum atomic E-state index is 11.1. The van der Waals surface area contributed by atoms with Crippen LogP contribution in [0.1, 0.15) is 26.7 Å². The SMILES string of the molecule is CCCC(=NCC)C(=O)C(=O)C=O. The summed E-state index contributed by atoms with van der Waals surface area (Å²) in [6.07, 6.45) is 1.21. The van der Waals surface area contributed by atoms with Gasteiger partial charge in [-0.3, -0.25) is 19.4 Å². The minimum atomic E-state index is -1.01. The molecular weight excluding hydrogens is 170 g/mol.